The van der Waals surface area contributed by atoms with Gasteiger partial charge in [0.25, 0.3) is 0 Å². The van der Waals surface area contributed by atoms with Crippen molar-refractivity contribution in [2.75, 3.05) is 5.73 Å². The first-order chi connectivity index (χ1) is 10.0. The first-order valence-corrected chi connectivity index (χ1v) is 7.31. The Morgan fingerprint density at radius 2 is 1.90 bits per heavy atom. The predicted molar refractivity (Wildman–Crippen MR) is 88.5 cm³/mol. The molecule has 21 heavy (non-hydrogen) atoms. The number of nitrogen functional groups attached to an aromatic ring is 1. The molecule has 3 aromatic rings. The number of anilines is 1. The molecule has 0 unspecified atom stereocenters. The van der Waals surface area contributed by atoms with Gasteiger partial charge in [0.05, 0.1) is 5.52 Å². The zero-order valence-corrected chi connectivity index (χ0v) is 13.0. The molecule has 0 saturated heterocycles. The van der Waals surface area contributed by atoms with Crippen LogP contribution >= 0.6 is 15.9 Å². The SMILES string of the molecule is Cc1ccc2cc(C(=O)c3cc(N)ccc3Br)ccc2n1. The van der Waals surface area contributed by atoms with E-state index in [1.165, 1.54) is 0 Å². The number of aryl methyl sites for hydroxylation is 1. The number of ketones is 1. The van der Waals surface area contributed by atoms with Crippen molar-refractivity contribution in [1.82, 2.24) is 4.98 Å². The number of nitrogens with zero attached hydrogens (tertiary/aromatic N) is 1. The molecular formula is C17H13BrN2O. The summed E-state index contributed by atoms with van der Waals surface area (Å²) in [5.74, 6) is -0.0587. The fourth-order valence-corrected chi connectivity index (χ4v) is 2.67. The number of nitrogens with two attached hydrogens (primary N) is 1. The van der Waals surface area contributed by atoms with Gasteiger partial charge in [0.1, 0.15) is 0 Å². The highest BCUT2D eigenvalue weighted by Gasteiger charge is 2.13. The van der Waals surface area contributed by atoms with E-state index in [0.717, 1.165) is 21.1 Å². The molecular weight excluding hydrogens is 328 g/mol. The molecule has 0 fully saturated rings. The quantitative estimate of drug-likeness (QED) is 0.563. The maximum atomic E-state index is 12.6. The number of rotatable bonds is 2. The van der Waals surface area contributed by atoms with Gasteiger partial charge in [-0.25, -0.2) is 0 Å². The molecule has 0 spiro atoms. The van der Waals surface area contributed by atoms with E-state index in [1.807, 2.05) is 31.2 Å². The number of benzene rings is 2. The molecule has 0 amide bonds. The Hall–Kier alpha value is -2.20. The first-order valence-electron chi connectivity index (χ1n) is 6.52. The average molecular weight is 341 g/mol. The third-order valence-electron chi connectivity index (χ3n) is 3.33. The van der Waals surface area contributed by atoms with E-state index in [9.17, 15) is 4.79 Å². The fourth-order valence-electron chi connectivity index (χ4n) is 2.24. The zero-order valence-electron chi connectivity index (χ0n) is 11.4. The largest absolute Gasteiger partial charge is 0.399 e. The lowest BCUT2D eigenvalue weighted by Crippen LogP contribution is -2.03. The van der Waals surface area contributed by atoms with Gasteiger partial charge in [-0.05, 0) is 49.4 Å². The van der Waals surface area contributed by atoms with Crippen molar-refractivity contribution in [3.63, 3.8) is 0 Å². The molecule has 0 aliphatic heterocycles. The molecule has 0 atom stereocenters. The molecule has 0 bridgehead atoms. The van der Waals surface area contributed by atoms with Gasteiger partial charge in [0.15, 0.2) is 5.78 Å². The Bertz CT molecular complexity index is 859. The van der Waals surface area contributed by atoms with Crippen molar-refractivity contribution in [3.05, 3.63) is 69.8 Å². The number of hydrogen-bond donors (Lipinski definition) is 1. The number of carbonyl (C=O) groups excluding carboxylic acids is 1. The number of fused-ring (bicyclic) bond motifs is 1. The summed E-state index contributed by atoms with van der Waals surface area (Å²) in [5.41, 5.74) is 9.37. The molecule has 0 aliphatic rings. The Labute approximate surface area is 130 Å². The minimum Gasteiger partial charge on any atom is -0.399 e. The van der Waals surface area contributed by atoms with Crippen molar-refractivity contribution in [3.8, 4) is 0 Å². The topological polar surface area (TPSA) is 56.0 Å². The van der Waals surface area contributed by atoms with Crippen LogP contribution in [0.25, 0.3) is 10.9 Å². The van der Waals surface area contributed by atoms with Crippen molar-refractivity contribution >= 4 is 38.3 Å². The first kappa shape index (κ1) is 13.8. The minimum absolute atomic E-state index is 0.0587. The molecule has 0 radical (unpaired) electrons. The van der Waals surface area contributed by atoms with Crippen LogP contribution in [0.4, 0.5) is 5.69 Å². The average Bonchev–Trinajstić information content (AvgIpc) is 2.48. The molecule has 0 saturated carbocycles. The fraction of sp³-hybridized carbons (Fsp3) is 0.0588. The lowest BCUT2D eigenvalue weighted by atomic mass is 10.0. The van der Waals surface area contributed by atoms with Crippen LogP contribution in [0.5, 0.6) is 0 Å². The normalized spacial score (nSPS) is 10.8. The second-order valence-corrected chi connectivity index (χ2v) is 5.78. The van der Waals surface area contributed by atoms with Crippen molar-refractivity contribution in [2.24, 2.45) is 0 Å². The van der Waals surface area contributed by atoms with Crippen LogP contribution in [-0.2, 0) is 0 Å². The summed E-state index contributed by atoms with van der Waals surface area (Å²) in [6.07, 6.45) is 0. The molecule has 104 valence electrons. The Morgan fingerprint density at radius 1 is 1.10 bits per heavy atom. The monoisotopic (exact) mass is 340 g/mol. The summed E-state index contributed by atoms with van der Waals surface area (Å²) in [7, 11) is 0. The third kappa shape index (κ3) is 2.67. The molecule has 2 N–H and O–H groups in total. The van der Waals surface area contributed by atoms with Gasteiger partial charge in [-0.15, -0.1) is 0 Å². The van der Waals surface area contributed by atoms with Crippen LogP contribution in [0.1, 0.15) is 21.6 Å². The molecule has 3 nitrogen and oxygen atoms in total. The van der Waals surface area contributed by atoms with E-state index in [1.54, 1.807) is 24.3 Å². The highest BCUT2D eigenvalue weighted by molar-refractivity contribution is 9.10. The van der Waals surface area contributed by atoms with Crippen molar-refractivity contribution in [2.45, 2.75) is 6.92 Å². The number of hydrogen-bond acceptors (Lipinski definition) is 3. The molecule has 0 aliphatic carbocycles. The highest BCUT2D eigenvalue weighted by Crippen LogP contribution is 2.24. The lowest BCUT2D eigenvalue weighted by molar-refractivity contribution is 0.103. The predicted octanol–water partition coefficient (Wildman–Crippen LogP) is 4.12. The molecule has 2 aromatic carbocycles. The smallest absolute Gasteiger partial charge is 0.194 e. The molecule has 3 rings (SSSR count). The summed E-state index contributed by atoms with van der Waals surface area (Å²) >= 11 is 3.40. The summed E-state index contributed by atoms with van der Waals surface area (Å²) < 4.78 is 0.740. The van der Waals surface area contributed by atoms with E-state index in [-0.39, 0.29) is 5.78 Å². The minimum atomic E-state index is -0.0587. The van der Waals surface area contributed by atoms with Gasteiger partial charge in [0.2, 0.25) is 0 Å². The van der Waals surface area contributed by atoms with E-state index in [0.29, 0.717) is 16.8 Å². The summed E-state index contributed by atoms with van der Waals surface area (Å²) in [6, 6.07) is 14.7. The zero-order chi connectivity index (χ0) is 15.0. The van der Waals surface area contributed by atoms with Crippen LogP contribution in [0.15, 0.2) is 53.0 Å². The van der Waals surface area contributed by atoms with Crippen LogP contribution in [0.3, 0.4) is 0 Å². The van der Waals surface area contributed by atoms with E-state index in [4.69, 9.17) is 5.73 Å². The Kier molecular flexibility index (Phi) is 3.47. The Balaban J connectivity index is 2.09. The van der Waals surface area contributed by atoms with Gasteiger partial charge in [0, 0.05) is 32.4 Å². The van der Waals surface area contributed by atoms with E-state index in [2.05, 4.69) is 20.9 Å². The standard InChI is InChI=1S/C17H13BrN2O/c1-10-2-3-11-8-12(4-7-16(11)20-10)17(21)14-9-13(19)5-6-15(14)18/h2-9H,19H2,1H3. The maximum Gasteiger partial charge on any atom is 0.194 e. The number of pyridine rings is 1. The van der Waals surface area contributed by atoms with Crippen molar-refractivity contribution < 1.29 is 4.79 Å². The maximum absolute atomic E-state index is 12.6. The summed E-state index contributed by atoms with van der Waals surface area (Å²) in [4.78, 5) is 17.1. The van der Waals surface area contributed by atoms with Gasteiger partial charge >= 0.3 is 0 Å². The number of aromatic nitrogens is 1. The van der Waals surface area contributed by atoms with Gasteiger partial charge in [-0.3, -0.25) is 9.78 Å². The van der Waals surface area contributed by atoms with E-state index >= 15 is 0 Å². The van der Waals surface area contributed by atoms with Crippen LogP contribution in [0.2, 0.25) is 0 Å². The van der Waals surface area contributed by atoms with E-state index < -0.39 is 0 Å². The van der Waals surface area contributed by atoms with Gasteiger partial charge in [-0.2, -0.15) is 0 Å². The Morgan fingerprint density at radius 3 is 2.71 bits per heavy atom. The van der Waals surface area contributed by atoms with Crippen LogP contribution in [-0.4, -0.2) is 10.8 Å². The second-order valence-electron chi connectivity index (χ2n) is 4.93. The summed E-state index contributed by atoms with van der Waals surface area (Å²) in [5, 5.41) is 0.950. The van der Waals surface area contributed by atoms with Gasteiger partial charge < -0.3 is 5.73 Å². The number of halogens is 1. The molecule has 1 aromatic heterocycles. The lowest BCUT2D eigenvalue weighted by Gasteiger charge is -2.06. The summed E-state index contributed by atoms with van der Waals surface area (Å²) in [6.45, 7) is 1.95. The molecule has 1 heterocycles. The highest BCUT2D eigenvalue weighted by atomic mass is 79.9. The third-order valence-corrected chi connectivity index (χ3v) is 4.02. The van der Waals surface area contributed by atoms with Crippen molar-refractivity contribution in [1.29, 1.82) is 0 Å². The van der Waals surface area contributed by atoms with Crippen LogP contribution in [0, 0.1) is 6.92 Å². The van der Waals surface area contributed by atoms with Crippen LogP contribution < -0.4 is 5.73 Å². The molecule has 4 heteroatoms. The second kappa shape index (κ2) is 5.30. The van der Waals surface area contributed by atoms with Gasteiger partial charge in [-0.1, -0.05) is 22.0 Å². The number of carbonyl (C=O) groups is 1.